The predicted octanol–water partition coefficient (Wildman–Crippen LogP) is 13.7. The summed E-state index contributed by atoms with van der Waals surface area (Å²) in [6.45, 7) is 4.61. The number of ether oxygens (including phenoxy) is 2. The topological polar surface area (TPSA) is 18.5 Å². The van der Waals surface area contributed by atoms with Crippen LogP contribution in [0.25, 0.3) is 21.9 Å². The van der Waals surface area contributed by atoms with Crippen LogP contribution in [0.3, 0.4) is 0 Å². The van der Waals surface area contributed by atoms with Crippen LogP contribution in [0.1, 0.15) is 108 Å². The fourth-order valence-electron chi connectivity index (χ4n) is 5.68. The number of fused-ring (bicyclic) bond motifs is 1. The summed E-state index contributed by atoms with van der Waals surface area (Å²) in [6.07, 6.45) is 19.3. The number of unbranched alkanes of at least 4 members (excludes halogenated alkanes) is 12. The lowest BCUT2D eigenvalue weighted by Crippen LogP contribution is -1.97. The van der Waals surface area contributed by atoms with Crippen molar-refractivity contribution >= 4 is 54.0 Å². The Morgan fingerprint density at radius 2 is 1.20 bits per heavy atom. The van der Waals surface area contributed by atoms with Crippen molar-refractivity contribution in [2.45, 2.75) is 110 Å². The SMILES string of the molecule is CCCCCCCCc1ccc(-c2ccc3cc(OCCCCCCCCCCOCc4cc(Br)sc4Br)ccc3c2)cc1. The van der Waals surface area contributed by atoms with Crippen LogP contribution >= 0.6 is 43.2 Å². The Kier molecular flexibility index (Phi) is 16.4. The van der Waals surface area contributed by atoms with Gasteiger partial charge in [-0.2, -0.15) is 0 Å². The van der Waals surface area contributed by atoms with Gasteiger partial charge in [-0.25, -0.2) is 0 Å². The molecule has 44 heavy (non-hydrogen) atoms. The summed E-state index contributed by atoms with van der Waals surface area (Å²) in [5, 5.41) is 2.50. The molecule has 0 saturated heterocycles. The van der Waals surface area contributed by atoms with Crippen LogP contribution in [-0.4, -0.2) is 13.2 Å². The van der Waals surface area contributed by atoms with Crippen molar-refractivity contribution in [3.63, 3.8) is 0 Å². The second kappa shape index (κ2) is 20.5. The molecule has 2 nitrogen and oxygen atoms in total. The summed E-state index contributed by atoms with van der Waals surface area (Å²) >= 11 is 8.82. The van der Waals surface area contributed by atoms with Crippen LogP contribution in [-0.2, 0) is 17.8 Å². The van der Waals surface area contributed by atoms with Gasteiger partial charge >= 0.3 is 0 Å². The number of hydrogen-bond donors (Lipinski definition) is 0. The molecule has 0 amide bonds. The Balaban J connectivity index is 1.05. The molecule has 0 radical (unpaired) electrons. The first-order valence-electron chi connectivity index (χ1n) is 16.9. The minimum absolute atomic E-state index is 0.694. The molecule has 3 aromatic carbocycles. The summed E-state index contributed by atoms with van der Waals surface area (Å²) in [5.41, 5.74) is 5.26. The first kappa shape index (κ1) is 35.2. The second-order valence-electron chi connectivity index (χ2n) is 12.0. The maximum absolute atomic E-state index is 6.11. The Morgan fingerprint density at radius 1 is 0.591 bits per heavy atom. The van der Waals surface area contributed by atoms with Crippen LogP contribution in [0.4, 0.5) is 0 Å². The molecule has 0 unspecified atom stereocenters. The highest BCUT2D eigenvalue weighted by Crippen LogP contribution is 2.32. The summed E-state index contributed by atoms with van der Waals surface area (Å²) in [6, 6.07) is 24.6. The van der Waals surface area contributed by atoms with E-state index in [9.17, 15) is 0 Å². The average Bonchev–Trinajstić information content (AvgIpc) is 3.37. The summed E-state index contributed by atoms with van der Waals surface area (Å²) in [7, 11) is 0. The van der Waals surface area contributed by atoms with Crippen LogP contribution in [0.15, 0.2) is 74.3 Å². The zero-order valence-corrected chi connectivity index (χ0v) is 30.5. The Morgan fingerprint density at radius 3 is 1.91 bits per heavy atom. The largest absolute Gasteiger partial charge is 0.494 e. The number of benzene rings is 3. The maximum Gasteiger partial charge on any atom is 0.119 e. The Labute approximate surface area is 287 Å². The molecule has 0 saturated carbocycles. The highest BCUT2D eigenvalue weighted by molar-refractivity contribution is 9.12. The molecule has 0 bridgehead atoms. The van der Waals surface area contributed by atoms with E-state index in [1.165, 1.54) is 116 Å². The van der Waals surface area contributed by atoms with Crippen molar-refractivity contribution < 1.29 is 9.47 Å². The van der Waals surface area contributed by atoms with Gasteiger partial charge in [-0.1, -0.05) is 120 Å². The standard InChI is InChI=1S/C39H50Br2O2S/c1-2-3-4-5-10-13-16-31-17-19-32(20-18-31)33-21-22-35-28-37(24-23-34(35)27-33)43-26-15-12-9-7-6-8-11-14-25-42-30-36-29-38(40)44-39(36)41/h17-24,27-29H,2-16,25-26,30H2,1H3. The maximum atomic E-state index is 6.11. The van der Waals surface area contributed by atoms with Crippen molar-refractivity contribution in [3.8, 4) is 16.9 Å². The van der Waals surface area contributed by atoms with Gasteiger partial charge in [0.25, 0.3) is 0 Å². The molecule has 0 aliphatic carbocycles. The normalized spacial score (nSPS) is 11.4. The van der Waals surface area contributed by atoms with E-state index in [4.69, 9.17) is 9.47 Å². The molecule has 4 rings (SSSR count). The quantitative estimate of drug-likeness (QED) is 0.0747. The van der Waals surface area contributed by atoms with Crippen molar-refractivity contribution in [2.75, 3.05) is 13.2 Å². The molecule has 0 aliphatic rings. The van der Waals surface area contributed by atoms with Crippen molar-refractivity contribution in [1.82, 2.24) is 0 Å². The molecular formula is C39H50Br2O2S. The minimum atomic E-state index is 0.694. The van der Waals surface area contributed by atoms with E-state index in [1.54, 1.807) is 11.3 Å². The van der Waals surface area contributed by atoms with E-state index in [0.29, 0.717) is 6.61 Å². The fraction of sp³-hybridized carbons (Fsp3) is 0.487. The summed E-state index contributed by atoms with van der Waals surface area (Å²) < 4.78 is 14.3. The third-order valence-electron chi connectivity index (χ3n) is 8.35. The molecule has 238 valence electrons. The first-order valence-corrected chi connectivity index (χ1v) is 19.3. The van der Waals surface area contributed by atoms with Crippen LogP contribution < -0.4 is 4.74 Å². The number of thiophene rings is 1. The zero-order valence-electron chi connectivity index (χ0n) is 26.6. The molecule has 1 heterocycles. The smallest absolute Gasteiger partial charge is 0.119 e. The van der Waals surface area contributed by atoms with E-state index in [0.717, 1.165) is 39.4 Å². The van der Waals surface area contributed by atoms with E-state index in [1.807, 2.05) is 0 Å². The van der Waals surface area contributed by atoms with Gasteiger partial charge in [0.05, 0.1) is 20.8 Å². The average molecular weight is 743 g/mol. The van der Waals surface area contributed by atoms with Crippen LogP contribution in [0.5, 0.6) is 5.75 Å². The molecule has 1 aromatic heterocycles. The van der Waals surface area contributed by atoms with Gasteiger partial charge in [-0.3, -0.25) is 0 Å². The molecule has 0 fully saturated rings. The monoisotopic (exact) mass is 740 g/mol. The molecule has 4 aromatic rings. The van der Waals surface area contributed by atoms with Gasteiger partial charge in [0.1, 0.15) is 5.75 Å². The third kappa shape index (κ3) is 12.6. The first-order chi connectivity index (χ1) is 21.6. The molecular weight excluding hydrogens is 692 g/mol. The number of hydrogen-bond acceptors (Lipinski definition) is 3. The molecule has 5 heteroatoms. The van der Waals surface area contributed by atoms with Gasteiger partial charge in [-0.05, 0) is 109 Å². The van der Waals surface area contributed by atoms with Gasteiger partial charge < -0.3 is 9.47 Å². The Hall–Kier alpha value is -1.66. The zero-order chi connectivity index (χ0) is 30.8. The molecule has 0 spiro atoms. The highest BCUT2D eigenvalue weighted by Gasteiger charge is 2.06. The van der Waals surface area contributed by atoms with Crippen molar-refractivity contribution in [1.29, 1.82) is 0 Å². The number of rotatable bonds is 22. The van der Waals surface area contributed by atoms with Crippen LogP contribution in [0, 0.1) is 0 Å². The lowest BCUT2D eigenvalue weighted by molar-refractivity contribution is 0.116. The van der Waals surface area contributed by atoms with Crippen molar-refractivity contribution in [2.24, 2.45) is 0 Å². The summed E-state index contributed by atoms with van der Waals surface area (Å²) in [4.78, 5) is 0. The molecule has 0 aliphatic heterocycles. The summed E-state index contributed by atoms with van der Waals surface area (Å²) in [5.74, 6) is 0.977. The van der Waals surface area contributed by atoms with Crippen molar-refractivity contribution in [3.05, 3.63) is 85.4 Å². The predicted molar refractivity (Wildman–Crippen MR) is 198 cm³/mol. The van der Waals surface area contributed by atoms with Gasteiger partial charge in [0.15, 0.2) is 0 Å². The number of halogens is 2. The lowest BCUT2D eigenvalue weighted by atomic mass is 9.98. The van der Waals surface area contributed by atoms with E-state index >= 15 is 0 Å². The Bertz CT molecular complexity index is 1360. The molecule has 0 N–H and O–H groups in total. The van der Waals surface area contributed by atoms with E-state index < -0.39 is 0 Å². The second-order valence-corrected chi connectivity index (χ2v) is 15.8. The number of aryl methyl sites for hydroxylation is 1. The van der Waals surface area contributed by atoms with E-state index in [-0.39, 0.29) is 0 Å². The van der Waals surface area contributed by atoms with Gasteiger partial charge in [-0.15, -0.1) is 11.3 Å². The molecule has 0 atom stereocenters. The highest BCUT2D eigenvalue weighted by atomic mass is 79.9. The third-order valence-corrected chi connectivity index (χ3v) is 10.8. The van der Waals surface area contributed by atoms with Gasteiger partial charge in [0.2, 0.25) is 0 Å². The minimum Gasteiger partial charge on any atom is -0.494 e. The van der Waals surface area contributed by atoms with Gasteiger partial charge in [0, 0.05) is 12.2 Å². The van der Waals surface area contributed by atoms with E-state index in [2.05, 4.69) is 106 Å². The van der Waals surface area contributed by atoms with Crippen LogP contribution in [0.2, 0.25) is 0 Å². The fourth-order valence-corrected chi connectivity index (χ4v) is 8.47. The lowest BCUT2D eigenvalue weighted by Gasteiger charge is -2.09.